The lowest BCUT2D eigenvalue weighted by atomic mass is 10.2. The van der Waals surface area contributed by atoms with E-state index in [0.29, 0.717) is 17.2 Å². The van der Waals surface area contributed by atoms with Gasteiger partial charge in [-0.3, -0.25) is 4.98 Å². The van der Waals surface area contributed by atoms with Gasteiger partial charge in [-0.25, -0.2) is 14.2 Å². The largest absolute Gasteiger partial charge is 0.478 e. The lowest BCUT2D eigenvalue weighted by molar-refractivity contribution is 0.0696. The molecular weight excluding hydrogens is 237 g/mol. The van der Waals surface area contributed by atoms with E-state index in [9.17, 15) is 9.18 Å². The molecule has 2 rings (SSSR count). The molecule has 0 bridgehead atoms. The lowest BCUT2D eigenvalue weighted by Crippen LogP contribution is -2.02. The molecular formula is C12H10FN3O2. The molecule has 2 heterocycles. The number of halogens is 1. The number of pyridine rings is 2. The molecule has 18 heavy (non-hydrogen) atoms. The van der Waals surface area contributed by atoms with Gasteiger partial charge in [0, 0.05) is 11.8 Å². The number of nitrogens with one attached hydrogen (secondary N) is 1. The van der Waals surface area contributed by atoms with Crippen LogP contribution in [0.15, 0.2) is 30.6 Å². The molecule has 0 unspecified atom stereocenters. The first kappa shape index (κ1) is 12.0. The molecule has 0 saturated carbocycles. The second kappa shape index (κ2) is 4.79. The summed E-state index contributed by atoms with van der Waals surface area (Å²) in [7, 11) is 0. The number of carboxylic acids is 1. The van der Waals surface area contributed by atoms with Gasteiger partial charge in [-0.15, -0.1) is 0 Å². The van der Waals surface area contributed by atoms with Crippen LogP contribution in [0.2, 0.25) is 0 Å². The number of nitrogens with zero attached hydrogens (tertiary/aromatic N) is 2. The Morgan fingerprint density at radius 1 is 1.33 bits per heavy atom. The number of aromatic carboxylic acids is 1. The Hall–Kier alpha value is -2.50. The average Bonchev–Trinajstić information content (AvgIpc) is 2.28. The minimum Gasteiger partial charge on any atom is -0.478 e. The molecule has 0 spiro atoms. The third kappa shape index (κ3) is 2.79. The average molecular weight is 247 g/mol. The number of anilines is 2. The van der Waals surface area contributed by atoms with Gasteiger partial charge in [0.2, 0.25) is 0 Å². The zero-order valence-electron chi connectivity index (χ0n) is 9.51. The fourth-order valence-electron chi connectivity index (χ4n) is 1.48. The van der Waals surface area contributed by atoms with Gasteiger partial charge < -0.3 is 10.4 Å². The van der Waals surface area contributed by atoms with Crippen molar-refractivity contribution in [2.75, 3.05) is 5.32 Å². The highest BCUT2D eigenvalue weighted by molar-refractivity contribution is 5.88. The maximum absolute atomic E-state index is 12.9. The van der Waals surface area contributed by atoms with Crippen molar-refractivity contribution in [1.82, 2.24) is 9.97 Å². The van der Waals surface area contributed by atoms with E-state index >= 15 is 0 Å². The minimum atomic E-state index is -1.04. The predicted molar refractivity (Wildman–Crippen MR) is 63.4 cm³/mol. The summed E-state index contributed by atoms with van der Waals surface area (Å²) in [4.78, 5) is 18.7. The molecule has 0 aliphatic carbocycles. The van der Waals surface area contributed by atoms with Crippen LogP contribution in [0.4, 0.5) is 15.9 Å². The van der Waals surface area contributed by atoms with Crippen LogP contribution in [0, 0.1) is 12.7 Å². The van der Waals surface area contributed by atoms with E-state index in [4.69, 9.17) is 5.11 Å². The van der Waals surface area contributed by atoms with Gasteiger partial charge >= 0.3 is 5.97 Å². The highest BCUT2D eigenvalue weighted by Crippen LogP contribution is 2.16. The van der Waals surface area contributed by atoms with E-state index in [2.05, 4.69) is 15.3 Å². The fraction of sp³-hybridized carbons (Fsp3) is 0.0833. The van der Waals surface area contributed by atoms with Gasteiger partial charge in [-0.2, -0.15) is 0 Å². The summed E-state index contributed by atoms with van der Waals surface area (Å²) in [6.45, 7) is 1.68. The zero-order chi connectivity index (χ0) is 13.1. The Bertz CT molecular complexity index is 602. The van der Waals surface area contributed by atoms with E-state index in [-0.39, 0.29) is 5.56 Å². The Labute approximate surface area is 102 Å². The molecule has 2 N–H and O–H groups in total. The smallest absolute Gasteiger partial charge is 0.335 e. The van der Waals surface area contributed by atoms with Crippen molar-refractivity contribution in [3.63, 3.8) is 0 Å². The van der Waals surface area contributed by atoms with Crippen LogP contribution in [0.3, 0.4) is 0 Å². The van der Waals surface area contributed by atoms with E-state index in [1.807, 2.05) is 0 Å². The van der Waals surface area contributed by atoms with E-state index in [1.54, 1.807) is 6.92 Å². The van der Waals surface area contributed by atoms with Crippen LogP contribution >= 0.6 is 0 Å². The molecule has 2 aromatic rings. The molecule has 0 amide bonds. The number of hydrogen-bond donors (Lipinski definition) is 2. The van der Waals surface area contributed by atoms with Gasteiger partial charge in [0.25, 0.3) is 0 Å². The van der Waals surface area contributed by atoms with Crippen LogP contribution in [-0.2, 0) is 0 Å². The van der Waals surface area contributed by atoms with Crippen molar-refractivity contribution in [1.29, 1.82) is 0 Å². The first-order valence-electron chi connectivity index (χ1n) is 5.14. The van der Waals surface area contributed by atoms with Gasteiger partial charge in [0.05, 0.1) is 23.6 Å². The van der Waals surface area contributed by atoms with Gasteiger partial charge in [0.15, 0.2) is 0 Å². The molecule has 0 aliphatic heterocycles. The van der Waals surface area contributed by atoms with E-state index < -0.39 is 11.8 Å². The van der Waals surface area contributed by atoms with E-state index in [1.165, 1.54) is 24.4 Å². The number of rotatable bonds is 3. The predicted octanol–water partition coefficient (Wildman–Crippen LogP) is 2.37. The summed E-state index contributed by atoms with van der Waals surface area (Å²) < 4.78 is 12.9. The van der Waals surface area contributed by atoms with Crippen molar-refractivity contribution >= 4 is 17.5 Å². The second-order valence-electron chi connectivity index (χ2n) is 3.70. The molecule has 0 aromatic carbocycles. The van der Waals surface area contributed by atoms with Crippen molar-refractivity contribution in [2.24, 2.45) is 0 Å². The summed E-state index contributed by atoms with van der Waals surface area (Å²) in [5, 5.41) is 11.7. The number of aromatic nitrogens is 2. The standard InChI is InChI=1S/C12H10FN3O2/c1-7-2-8(12(17)18)3-11(15-7)16-10-4-9(13)5-14-6-10/h2-6H,1H3,(H,15,16)(H,17,18). The third-order valence-electron chi connectivity index (χ3n) is 2.18. The molecule has 0 saturated heterocycles. The van der Waals surface area contributed by atoms with Crippen molar-refractivity contribution in [3.05, 3.63) is 47.7 Å². The molecule has 92 valence electrons. The van der Waals surface area contributed by atoms with Crippen molar-refractivity contribution < 1.29 is 14.3 Å². The first-order valence-corrected chi connectivity index (χ1v) is 5.14. The molecule has 0 atom stereocenters. The molecule has 2 aromatic heterocycles. The quantitative estimate of drug-likeness (QED) is 0.870. The second-order valence-corrected chi connectivity index (χ2v) is 3.70. The molecule has 5 nitrogen and oxygen atoms in total. The monoisotopic (exact) mass is 247 g/mol. The number of carboxylic acid groups (broad SMARTS) is 1. The normalized spacial score (nSPS) is 10.1. The summed E-state index contributed by atoms with van der Waals surface area (Å²) in [6.07, 6.45) is 2.51. The fourth-order valence-corrected chi connectivity index (χ4v) is 1.48. The van der Waals surface area contributed by atoms with Gasteiger partial charge in [-0.1, -0.05) is 0 Å². The number of carbonyl (C=O) groups is 1. The molecule has 0 radical (unpaired) electrons. The number of hydrogen-bond acceptors (Lipinski definition) is 4. The van der Waals surface area contributed by atoms with Crippen LogP contribution in [0.5, 0.6) is 0 Å². The minimum absolute atomic E-state index is 0.120. The van der Waals surface area contributed by atoms with Crippen molar-refractivity contribution in [2.45, 2.75) is 6.92 Å². The first-order chi connectivity index (χ1) is 8.54. The highest BCUT2D eigenvalue weighted by atomic mass is 19.1. The Kier molecular flexibility index (Phi) is 3.18. The molecule has 6 heteroatoms. The zero-order valence-corrected chi connectivity index (χ0v) is 9.51. The third-order valence-corrected chi connectivity index (χ3v) is 2.18. The Balaban J connectivity index is 2.31. The molecule has 0 fully saturated rings. The molecule has 0 aliphatic rings. The van der Waals surface area contributed by atoms with Crippen LogP contribution in [-0.4, -0.2) is 21.0 Å². The van der Waals surface area contributed by atoms with Crippen LogP contribution < -0.4 is 5.32 Å². The Morgan fingerprint density at radius 3 is 2.78 bits per heavy atom. The maximum Gasteiger partial charge on any atom is 0.335 e. The lowest BCUT2D eigenvalue weighted by Gasteiger charge is -2.07. The van der Waals surface area contributed by atoms with Crippen molar-refractivity contribution in [3.8, 4) is 0 Å². The van der Waals surface area contributed by atoms with E-state index in [0.717, 1.165) is 6.20 Å². The maximum atomic E-state index is 12.9. The number of aryl methyl sites for hydroxylation is 1. The summed E-state index contributed by atoms with van der Waals surface area (Å²) in [6, 6.07) is 4.08. The van der Waals surface area contributed by atoms with Crippen LogP contribution in [0.1, 0.15) is 16.1 Å². The topological polar surface area (TPSA) is 75.1 Å². The SMILES string of the molecule is Cc1cc(C(=O)O)cc(Nc2cncc(F)c2)n1. The summed E-state index contributed by atoms with van der Waals surface area (Å²) >= 11 is 0. The van der Waals surface area contributed by atoms with Crippen LogP contribution in [0.25, 0.3) is 0 Å². The van der Waals surface area contributed by atoms with Gasteiger partial charge in [-0.05, 0) is 19.1 Å². The highest BCUT2D eigenvalue weighted by Gasteiger charge is 2.07. The Morgan fingerprint density at radius 2 is 2.11 bits per heavy atom. The summed E-state index contributed by atoms with van der Waals surface area (Å²) in [5.74, 6) is -1.19. The van der Waals surface area contributed by atoms with Gasteiger partial charge in [0.1, 0.15) is 11.6 Å². The summed E-state index contributed by atoms with van der Waals surface area (Å²) in [5.41, 5.74) is 1.08.